The minimum absolute atomic E-state index is 0.259. The van der Waals surface area contributed by atoms with E-state index in [1.807, 2.05) is 30.3 Å². The van der Waals surface area contributed by atoms with Crippen LogP contribution in [0.4, 0.5) is 4.79 Å². The maximum Gasteiger partial charge on any atom is 0.407 e. The third-order valence-corrected chi connectivity index (χ3v) is 2.84. The molecule has 108 valence electrons. The number of hydrogen-bond acceptors (Lipinski definition) is 3. The summed E-state index contributed by atoms with van der Waals surface area (Å²) in [5.74, 6) is 0. The molecule has 0 aliphatic heterocycles. The second-order valence-electron chi connectivity index (χ2n) is 4.25. The van der Waals surface area contributed by atoms with Gasteiger partial charge in [-0.2, -0.15) is 0 Å². The number of carbonyl (C=O) groups excluding carboxylic acids is 1. The Morgan fingerprint density at radius 3 is 2.76 bits per heavy atom. The van der Waals surface area contributed by atoms with Gasteiger partial charge in [0.05, 0.1) is 10.7 Å². The largest absolute Gasteiger partial charge is 0.445 e. The molecule has 0 bridgehead atoms. The molecule has 0 saturated heterocycles. The van der Waals surface area contributed by atoms with Crippen LogP contribution in [-0.2, 0) is 11.3 Å². The van der Waals surface area contributed by atoms with E-state index in [-0.39, 0.29) is 6.61 Å². The molecule has 0 atom stereocenters. The summed E-state index contributed by atoms with van der Waals surface area (Å²) in [6.45, 7) is 0.632. The Morgan fingerprint density at radius 1 is 1.24 bits per heavy atom. The molecule has 1 aromatic heterocycles. The minimum atomic E-state index is -0.451. The van der Waals surface area contributed by atoms with Crippen LogP contribution >= 0.6 is 11.6 Å². The summed E-state index contributed by atoms with van der Waals surface area (Å²) >= 11 is 5.74. The molecule has 0 aliphatic rings. The molecule has 0 radical (unpaired) electrons. The van der Waals surface area contributed by atoms with Gasteiger partial charge >= 0.3 is 6.09 Å². The summed E-state index contributed by atoms with van der Waals surface area (Å²) in [6, 6.07) is 13.1. The standard InChI is InChI=1S/C16H15ClN2O2/c17-14-8-9-15(19-11-14)7-4-10-18-16(20)21-12-13-5-2-1-3-6-13/h1-9,11H,10,12H2,(H,18,20). The quantitative estimate of drug-likeness (QED) is 0.916. The average molecular weight is 303 g/mol. The number of nitrogens with zero attached hydrogens (tertiary/aromatic N) is 1. The number of nitrogens with one attached hydrogen (secondary N) is 1. The van der Waals surface area contributed by atoms with Crippen molar-refractivity contribution >= 4 is 23.8 Å². The molecule has 1 aromatic carbocycles. The molecule has 1 N–H and O–H groups in total. The number of hydrogen-bond donors (Lipinski definition) is 1. The van der Waals surface area contributed by atoms with Crippen LogP contribution in [0.25, 0.3) is 6.08 Å². The molecule has 0 saturated carbocycles. The first-order chi connectivity index (χ1) is 10.2. The normalized spacial score (nSPS) is 10.5. The zero-order valence-corrected chi connectivity index (χ0v) is 12.1. The third kappa shape index (κ3) is 5.67. The molecule has 2 aromatic rings. The van der Waals surface area contributed by atoms with Gasteiger partial charge in [0.2, 0.25) is 0 Å². The lowest BCUT2D eigenvalue weighted by molar-refractivity contribution is 0.141. The van der Waals surface area contributed by atoms with E-state index in [9.17, 15) is 4.79 Å². The molecule has 5 heteroatoms. The van der Waals surface area contributed by atoms with Crippen LogP contribution < -0.4 is 5.32 Å². The number of pyridine rings is 1. The van der Waals surface area contributed by atoms with Gasteiger partial charge in [-0.05, 0) is 23.8 Å². The molecule has 1 heterocycles. The van der Waals surface area contributed by atoms with Gasteiger partial charge in [-0.1, -0.05) is 48.0 Å². The summed E-state index contributed by atoms with van der Waals surface area (Å²) in [4.78, 5) is 15.6. The highest BCUT2D eigenvalue weighted by Gasteiger charge is 2.00. The van der Waals surface area contributed by atoms with Gasteiger partial charge in [-0.25, -0.2) is 4.79 Å². The van der Waals surface area contributed by atoms with Crippen LogP contribution in [0.1, 0.15) is 11.3 Å². The Balaban J connectivity index is 1.68. The number of ether oxygens (including phenoxy) is 1. The smallest absolute Gasteiger partial charge is 0.407 e. The zero-order chi connectivity index (χ0) is 14.9. The van der Waals surface area contributed by atoms with Gasteiger partial charge in [-0.15, -0.1) is 0 Å². The molecule has 1 amide bonds. The van der Waals surface area contributed by atoms with E-state index >= 15 is 0 Å². The predicted octanol–water partition coefficient (Wildman–Crippen LogP) is 3.67. The first kappa shape index (κ1) is 15.1. The first-order valence-corrected chi connectivity index (χ1v) is 6.84. The second kappa shape index (κ2) is 8.07. The summed E-state index contributed by atoms with van der Waals surface area (Å²) in [6.07, 6.45) is 4.71. The average Bonchev–Trinajstić information content (AvgIpc) is 2.52. The maximum absolute atomic E-state index is 11.5. The SMILES string of the molecule is O=C(NCC=Cc1ccc(Cl)cn1)OCc1ccccc1. The molecule has 0 aliphatic carbocycles. The maximum atomic E-state index is 11.5. The van der Waals surface area contributed by atoms with Gasteiger partial charge in [0, 0.05) is 12.7 Å². The predicted molar refractivity (Wildman–Crippen MR) is 82.9 cm³/mol. The number of carbonyl (C=O) groups is 1. The van der Waals surface area contributed by atoms with E-state index in [1.54, 1.807) is 30.5 Å². The first-order valence-electron chi connectivity index (χ1n) is 6.47. The third-order valence-electron chi connectivity index (χ3n) is 2.62. The second-order valence-corrected chi connectivity index (χ2v) is 4.68. The monoisotopic (exact) mass is 302 g/mol. The van der Waals surface area contributed by atoms with Crippen LogP contribution in [0.2, 0.25) is 5.02 Å². The van der Waals surface area contributed by atoms with Gasteiger partial charge in [0.1, 0.15) is 6.61 Å². The Kier molecular flexibility index (Phi) is 5.79. The Bertz CT molecular complexity index is 597. The molecule has 0 fully saturated rings. The highest BCUT2D eigenvalue weighted by atomic mass is 35.5. The summed E-state index contributed by atoms with van der Waals surface area (Å²) in [5.41, 5.74) is 1.73. The molecule has 0 unspecified atom stereocenters. The lowest BCUT2D eigenvalue weighted by Crippen LogP contribution is -2.24. The number of halogens is 1. The van der Waals surface area contributed by atoms with Crippen molar-refractivity contribution in [1.82, 2.24) is 10.3 Å². The zero-order valence-electron chi connectivity index (χ0n) is 11.3. The van der Waals surface area contributed by atoms with E-state index in [0.29, 0.717) is 11.6 Å². The summed E-state index contributed by atoms with van der Waals surface area (Å²) in [7, 11) is 0. The number of alkyl carbamates (subject to hydrolysis) is 1. The minimum Gasteiger partial charge on any atom is -0.445 e. The van der Waals surface area contributed by atoms with Crippen molar-refractivity contribution in [2.75, 3.05) is 6.54 Å². The van der Waals surface area contributed by atoms with E-state index < -0.39 is 6.09 Å². The molecule has 0 spiro atoms. The van der Waals surface area contributed by atoms with Crippen LogP contribution in [0.5, 0.6) is 0 Å². The fourth-order valence-corrected chi connectivity index (χ4v) is 1.69. The van der Waals surface area contributed by atoms with Crippen LogP contribution in [0, 0.1) is 0 Å². The number of amides is 1. The highest BCUT2D eigenvalue weighted by molar-refractivity contribution is 6.30. The Hall–Kier alpha value is -2.33. The summed E-state index contributed by atoms with van der Waals surface area (Å²) < 4.78 is 5.08. The van der Waals surface area contributed by atoms with Gasteiger partial charge in [0.15, 0.2) is 0 Å². The van der Waals surface area contributed by atoms with Gasteiger partial charge in [0.25, 0.3) is 0 Å². The van der Waals surface area contributed by atoms with Crippen molar-refractivity contribution in [1.29, 1.82) is 0 Å². The fraction of sp³-hybridized carbons (Fsp3) is 0.125. The topological polar surface area (TPSA) is 51.2 Å². The van der Waals surface area contributed by atoms with Crippen molar-refractivity contribution in [3.8, 4) is 0 Å². The lowest BCUT2D eigenvalue weighted by atomic mass is 10.2. The lowest BCUT2D eigenvalue weighted by Gasteiger charge is -2.05. The van der Waals surface area contributed by atoms with Crippen LogP contribution in [-0.4, -0.2) is 17.6 Å². The molecular formula is C16H15ClN2O2. The van der Waals surface area contributed by atoms with Crippen molar-refractivity contribution in [2.45, 2.75) is 6.61 Å². The number of benzene rings is 1. The Labute approximate surface area is 128 Å². The van der Waals surface area contributed by atoms with E-state index in [0.717, 1.165) is 11.3 Å². The van der Waals surface area contributed by atoms with Crippen molar-refractivity contribution in [2.24, 2.45) is 0 Å². The van der Waals surface area contributed by atoms with E-state index in [2.05, 4.69) is 10.3 Å². The number of rotatable bonds is 5. The van der Waals surface area contributed by atoms with Crippen LogP contribution in [0.3, 0.4) is 0 Å². The van der Waals surface area contributed by atoms with Crippen molar-refractivity contribution in [3.63, 3.8) is 0 Å². The molecule has 21 heavy (non-hydrogen) atoms. The van der Waals surface area contributed by atoms with Crippen LogP contribution in [0.15, 0.2) is 54.7 Å². The van der Waals surface area contributed by atoms with E-state index in [4.69, 9.17) is 16.3 Å². The molecule has 4 nitrogen and oxygen atoms in total. The number of aromatic nitrogens is 1. The molecular weight excluding hydrogens is 288 g/mol. The van der Waals surface area contributed by atoms with Gasteiger partial charge < -0.3 is 10.1 Å². The molecule has 2 rings (SSSR count). The summed E-state index contributed by atoms with van der Waals surface area (Å²) in [5, 5.41) is 3.23. The van der Waals surface area contributed by atoms with Crippen molar-refractivity contribution in [3.05, 3.63) is 71.0 Å². The Morgan fingerprint density at radius 2 is 2.05 bits per heavy atom. The van der Waals surface area contributed by atoms with Gasteiger partial charge in [-0.3, -0.25) is 4.98 Å². The fourth-order valence-electron chi connectivity index (χ4n) is 1.58. The van der Waals surface area contributed by atoms with E-state index in [1.165, 1.54) is 0 Å². The highest BCUT2D eigenvalue weighted by Crippen LogP contribution is 2.06. The van der Waals surface area contributed by atoms with Crippen molar-refractivity contribution < 1.29 is 9.53 Å².